The zero-order chi connectivity index (χ0) is 22.1. The van der Waals surface area contributed by atoms with Gasteiger partial charge in [-0.25, -0.2) is 4.98 Å². The van der Waals surface area contributed by atoms with Gasteiger partial charge < -0.3 is 25.8 Å². The monoisotopic (exact) mass is 555 g/mol. The maximum atomic E-state index is 11.4. The molecule has 4 N–H and O–H groups in total. The molecule has 178 valence electrons. The van der Waals surface area contributed by atoms with Crippen LogP contribution < -0.4 is 16.4 Å². The van der Waals surface area contributed by atoms with E-state index >= 15 is 0 Å². The minimum absolute atomic E-state index is 0. The molecule has 2 heterocycles. The summed E-state index contributed by atoms with van der Waals surface area (Å²) in [5, 5.41) is 6.75. The van der Waals surface area contributed by atoms with Gasteiger partial charge in [-0.3, -0.25) is 9.79 Å². The highest BCUT2D eigenvalue weighted by Crippen LogP contribution is 2.16. The summed E-state index contributed by atoms with van der Waals surface area (Å²) in [5.41, 5.74) is 7.71. The largest absolute Gasteiger partial charge is 0.369 e. The van der Waals surface area contributed by atoms with Crippen molar-refractivity contribution in [3.63, 3.8) is 0 Å². The number of aromatic nitrogens is 2. The third-order valence-electron chi connectivity index (χ3n) is 5.85. The highest BCUT2D eigenvalue weighted by molar-refractivity contribution is 14.0. The maximum absolute atomic E-state index is 11.4. The normalized spacial score (nSPS) is 17.2. The molecule has 32 heavy (non-hydrogen) atoms. The smallest absolute Gasteiger partial charge is 0.221 e. The van der Waals surface area contributed by atoms with Gasteiger partial charge in [0, 0.05) is 32.7 Å². The summed E-state index contributed by atoms with van der Waals surface area (Å²) >= 11 is 0. The number of fused-ring (bicyclic) bond motifs is 1. The highest BCUT2D eigenvalue weighted by atomic mass is 127. The minimum atomic E-state index is -0.164. The molecule has 0 radical (unpaired) electrons. The molecule has 1 aromatic heterocycles. The van der Waals surface area contributed by atoms with E-state index in [0.717, 1.165) is 88.8 Å². The molecular formula is C23H38IN7O. The number of rotatable bonds is 10. The van der Waals surface area contributed by atoms with Gasteiger partial charge in [0.25, 0.3) is 0 Å². The molecule has 1 aliphatic heterocycles. The number of carbonyl (C=O) groups excluding carboxylic acids is 1. The number of hydrogen-bond donors (Lipinski definition) is 3. The van der Waals surface area contributed by atoms with Gasteiger partial charge in [-0.05, 0) is 64.8 Å². The fourth-order valence-electron chi connectivity index (χ4n) is 4.24. The van der Waals surface area contributed by atoms with Gasteiger partial charge in [0.1, 0.15) is 5.82 Å². The number of piperidine rings is 1. The van der Waals surface area contributed by atoms with Crippen LogP contribution in [0.5, 0.6) is 0 Å². The van der Waals surface area contributed by atoms with Crippen LogP contribution in [0.15, 0.2) is 29.3 Å². The van der Waals surface area contributed by atoms with Gasteiger partial charge in [0.2, 0.25) is 5.91 Å². The maximum Gasteiger partial charge on any atom is 0.221 e. The van der Waals surface area contributed by atoms with Crippen LogP contribution in [0.4, 0.5) is 0 Å². The van der Waals surface area contributed by atoms with Gasteiger partial charge in [0.15, 0.2) is 5.96 Å². The number of nitrogens with zero attached hydrogens (tertiary/aromatic N) is 4. The number of aliphatic imine (C=N–C) groups is 1. The Balaban J connectivity index is 0.00000363. The predicted octanol–water partition coefficient (Wildman–Crippen LogP) is 2.50. The lowest BCUT2D eigenvalue weighted by atomic mass is 9.97. The van der Waals surface area contributed by atoms with Crippen molar-refractivity contribution in [1.82, 2.24) is 25.1 Å². The van der Waals surface area contributed by atoms with Crippen molar-refractivity contribution in [2.24, 2.45) is 16.6 Å². The first-order valence-electron chi connectivity index (χ1n) is 11.5. The number of imidazole rings is 1. The number of aryl methyl sites for hydroxylation is 2. The first-order chi connectivity index (χ1) is 15.1. The van der Waals surface area contributed by atoms with Crippen molar-refractivity contribution in [2.45, 2.75) is 46.1 Å². The Kier molecular flexibility index (Phi) is 11.2. The SMILES string of the molecule is CCNC(=NCCCn1c(C)nc2ccccc21)NCCCN1CCCC(C(N)=O)C1.I. The first kappa shape index (κ1) is 26.4. The molecule has 1 saturated heterocycles. The van der Waals surface area contributed by atoms with E-state index in [2.05, 4.69) is 57.1 Å². The summed E-state index contributed by atoms with van der Waals surface area (Å²) in [7, 11) is 0. The number of carbonyl (C=O) groups is 1. The number of primary amides is 1. The summed E-state index contributed by atoms with van der Waals surface area (Å²) in [6.45, 7) is 10.3. The van der Waals surface area contributed by atoms with E-state index in [1.807, 2.05) is 6.07 Å². The molecule has 0 bridgehead atoms. The fourth-order valence-corrected chi connectivity index (χ4v) is 4.24. The molecule has 8 nitrogen and oxygen atoms in total. The van der Waals surface area contributed by atoms with Gasteiger partial charge in [-0.1, -0.05) is 12.1 Å². The zero-order valence-corrected chi connectivity index (χ0v) is 21.7. The summed E-state index contributed by atoms with van der Waals surface area (Å²) in [6.07, 6.45) is 3.95. The lowest BCUT2D eigenvalue weighted by molar-refractivity contribution is -0.123. The van der Waals surface area contributed by atoms with Crippen LogP contribution >= 0.6 is 24.0 Å². The average Bonchev–Trinajstić information content (AvgIpc) is 3.09. The van der Waals surface area contributed by atoms with Crippen LogP contribution in [-0.4, -0.2) is 65.6 Å². The summed E-state index contributed by atoms with van der Waals surface area (Å²) in [6, 6.07) is 8.27. The van der Waals surface area contributed by atoms with Crippen LogP contribution in [0.3, 0.4) is 0 Å². The molecule has 1 aliphatic rings. The summed E-state index contributed by atoms with van der Waals surface area (Å²) < 4.78 is 2.27. The number of benzene rings is 1. The van der Waals surface area contributed by atoms with Crippen molar-refractivity contribution in [2.75, 3.05) is 39.3 Å². The average molecular weight is 556 g/mol. The number of halogens is 1. The zero-order valence-electron chi connectivity index (χ0n) is 19.3. The molecule has 3 rings (SSSR count). The molecule has 1 atom stereocenters. The molecule has 2 aromatic rings. The van der Waals surface area contributed by atoms with Gasteiger partial charge in [-0.15, -0.1) is 24.0 Å². The lowest BCUT2D eigenvalue weighted by Crippen LogP contribution is -2.43. The van der Waals surface area contributed by atoms with E-state index in [-0.39, 0.29) is 35.8 Å². The first-order valence-corrected chi connectivity index (χ1v) is 11.5. The molecule has 1 aromatic carbocycles. The number of likely N-dealkylation sites (tertiary alicyclic amines) is 1. The Bertz CT molecular complexity index is 882. The molecule has 0 spiro atoms. The molecule has 9 heteroatoms. The Morgan fingerprint density at radius 3 is 2.84 bits per heavy atom. The molecule has 1 fully saturated rings. The third kappa shape index (κ3) is 7.61. The summed E-state index contributed by atoms with van der Waals surface area (Å²) in [4.78, 5) is 23.1. The van der Waals surface area contributed by atoms with Gasteiger partial charge in [0.05, 0.1) is 17.0 Å². The Labute approximate surface area is 208 Å². The van der Waals surface area contributed by atoms with E-state index in [4.69, 9.17) is 10.7 Å². The Hall–Kier alpha value is -1.88. The lowest BCUT2D eigenvalue weighted by Gasteiger charge is -2.31. The number of amides is 1. The third-order valence-corrected chi connectivity index (χ3v) is 5.85. The number of para-hydroxylation sites is 2. The van der Waals surface area contributed by atoms with Gasteiger partial charge in [-0.2, -0.15) is 0 Å². The van der Waals surface area contributed by atoms with E-state index in [0.29, 0.717) is 0 Å². The van der Waals surface area contributed by atoms with Crippen LogP contribution in [0.1, 0.15) is 38.4 Å². The number of guanidine groups is 1. The fraction of sp³-hybridized carbons (Fsp3) is 0.609. The number of nitrogens with one attached hydrogen (secondary N) is 2. The van der Waals surface area contributed by atoms with E-state index < -0.39 is 0 Å². The van der Waals surface area contributed by atoms with Crippen molar-refractivity contribution in [3.05, 3.63) is 30.1 Å². The van der Waals surface area contributed by atoms with Crippen LogP contribution in [0.2, 0.25) is 0 Å². The number of hydrogen-bond acceptors (Lipinski definition) is 4. The second-order valence-electron chi connectivity index (χ2n) is 8.24. The van der Waals surface area contributed by atoms with Crippen LogP contribution in [0.25, 0.3) is 11.0 Å². The summed E-state index contributed by atoms with van der Waals surface area (Å²) in [5.74, 6) is 1.76. The predicted molar refractivity (Wildman–Crippen MR) is 141 cm³/mol. The molecule has 1 amide bonds. The molecule has 1 unspecified atom stereocenters. The van der Waals surface area contributed by atoms with E-state index in [1.165, 1.54) is 5.52 Å². The van der Waals surface area contributed by atoms with E-state index in [1.54, 1.807) is 0 Å². The molecule has 0 aliphatic carbocycles. The van der Waals surface area contributed by atoms with Gasteiger partial charge >= 0.3 is 0 Å². The standard InChI is InChI=1S/C23H37N7O.HI/c1-3-25-23(26-12-7-15-29-14-6-9-19(17-29)22(24)31)27-13-8-16-30-18(2)28-20-10-4-5-11-21(20)30;/h4-5,10-11,19H,3,6-9,12-17H2,1-2H3,(H2,24,31)(H2,25,26,27);1H. The quantitative estimate of drug-likeness (QED) is 0.181. The number of nitrogens with two attached hydrogens (primary N) is 1. The molecular weight excluding hydrogens is 517 g/mol. The highest BCUT2D eigenvalue weighted by Gasteiger charge is 2.23. The van der Waals surface area contributed by atoms with Crippen molar-refractivity contribution < 1.29 is 4.79 Å². The Morgan fingerprint density at radius 1 is 1.25 bits per heavy atom. The van der Waals surface area contributed by atoms with Crippen molar-refractivity contribution >= 4 is 46.9 Å². The molecule has 0 saturated carbocycles. The minimum Gasteiger partial charge on any atom is -0.369 e. The van der Waals surface area contributed by atoms with Crippen LogP contribution in [-0.2, 0) is 11.3 Å². The topological polar surface area (TPSA) is 101 Å². The van der Waals surface area contributed by atoms with Crippen molar-refractivity contribution in [3.8, 4) is 0 Å². The second kappa shape index (κ2) is 13.6. The van der Waals surface area contributed by atoms with Crippen LogP contribution in [0, 0.1) is 12.8 Å². The van der Waals surface area contributed by atoms with Crippen molar-refractivity contribution in [1.29, 1.82) is 0 Å². The van der Waals surface area contributed by atoms with E-state index in [9.17, 15) is 4.79 Å². The Morgan fingerprint density at radius 2 is 2.06 bits per heavy atom. The second-order valence-corrected chi connectivity index (χ2v) is 8.24.